The molecule has 18 heavy (non-hydrogen) atoms. The Morgan fingerprint density at radius 1 is 1.56 bits per heavy atom. The van der Waals surface area contributed by atoms with E-state index in [0.717, 1.165) is 10.0 Å². The van der Waals surface area contributed by atoms with E-state index < -0.39 is 12.0 Å². The molecule has 1 aromatic carbocycles. The van der Waals surface area contributed by atoms with Crippen molar-refractivity contribution in [2.75, 3.05) is 20.8 Å². The summed E-state index contributed by atoms with van der Waals surface area (Å²) in [5.41, 5.74) is 0.719. The molecule has 0 aromatic heterocycles. The van der Waals surface area contributed by atoms with Gasteiger partial charge in [0.2, 0.25) is 0 Å². The van der Waals surface area contributed by atoms with Crippen molar-refractivity contribution in [1.29, 1.82) is 0 Å². The molecule has 1 rings (SSSR count). The van der Waals surface area contributed by atoms with Crippen molar-refractivity contribution < 1.29 is 14.3 Å². The third kappa shape index (κ3) is 3.49. The third-order valence-electron chi connectivity index (χ3n) is 2.36. The van der Waals surface area contributed by atoms with Gasteiger partial charge in [0, 0.05) is 4.47 Å². The molecule has 0 fully saturated rings. The maximum atomic E-state index is 11.8. The van der Waals surface area contributed by atoms with Crippen molar-refractivity contribution in [3.8, 4) is 18.1 Å². The monoisotopic (exact) mass is 311 g/mol. The van der Waals surface area contributed by atoms with Crippen LogP contribution in [0.2, 0.25) is 0 Å². The predicted molar refractivity (Wildman–Crippen MR) is 72.3 cm³/mol. The zero-order chi connectivity index (χ0) is 13.5. The molecular weight excluding hydrogens is 298 g/mol. The second-order valence-electron chi connectivity index (χ2n) is 3.43. The normalized spacial score (nSPS) is 11.4. The molecule has 0 saturated heterocycles. The van der Waals surface area contributed by atoms with Gasteiger partial charge in [0.15, 0.2) is 0 Å². The third-order valence-corrected chi connectivity index (χ3v) is 3.08. The van der Waals surface area contributed by atoms with E-state index in [-0.39, 0.29) is 6.54 Å². The van der Waals surface area contributed by atoms with Crippen molar-refractivity contribution in [3.05, 3.63) is 28.2 Å². The van der Waals surface area contributed by atoms with Crippen LogP contribution in [0.1, 0.15) is 11.6 Å². The van der Waals surface area contributed by atoms with Crippen LogP contribution in [0.3, 0.4) is 0 Å². The average Bonchev–Trinajstić information content (AvgIpc) is 2.40. The SMILES string of the molecule is C#CCNC(C(=O)OC)c1cc(OC)ccc1Br. The van der Waals surface area contributed by atoms with Crippen molar-refractivity contribution in [2.24, 2.45) is 0 Å². The molecule has 0 bridgehead atoms. The number of methoxy groups -OCH3 is 2. The molecule has 1 aromatic rings. The summed E-state index contributed by atoms with van der Waals surface area (Å²) in [5, 5.41) is 2.93. The minimum Gasteiger partial charge on any atom is -0.497 e. The molecule has 96 valence electrons. The lowest BCUT2D eigenvalue weighted by atomic mass is 10.1. The van der Waals surface area contributed by atoms with E-state index in [1.165, 1.54) is 7.11 Å². The number of esters is 1. The Balaban J connectivity index is 3.11. The Kier molecular flexibility index (Phi) is 5.69. The number of halogens is 1. The summed E-state index contributed by atoms with van der Waals surface area (Å²) in [6, 6.07) is 4.73. The fourth-order valence-electron chi connectivity index (χ4n) is 1.47. The predicted octanol–water partition coefficient (Wildman–Crippen LogP) is 1.89. The van der Waals surface area contributed by atoms with E-state index >= 15 is 0 Å². The summed E-state index contributed by atoms with van der Waals surface area (Å²) < 4.78 is 10.7. The highest BCUT2D eigenvalue weighted by Crippen LogP contribution is 2.28. The number of rotatable bonds is 5. The second kappa shape index (κ2) is 7.04. The van der Waals surface area contributed by atoms with E-state index in [1.54, 1.807) is 19.2 Å². The summed E-state index contributed by atoms with van der Waals surface area (Å²) in [6.07, 6.45) is 5.19. The Bertz CT molecular complexity index is 468. The van der Waals surface area contributed by atoms with Crippen molar-refractivity contribution in [3.63, 3.8) is 0 Å². The van der Waals surface area contributed by atoms with Gasteiger partial charge in [0.05, 0.1) is 20.8 Å². The Hall–Kier alpha value is -1.51. The van der Waals surface area contributed by atoms with Gasteiger partial charge < -0.3 is 9.47 Å². The quantitative estimate of drug-likeness (QED) is 0.666. The molecule has 1 atom stereocenters. The first-order valence-electron chi connectivity index (χ1n) is 5.22. The van der Waals surface area contributed by atoms with Gasteiger partial charge in [-0.3, -0.25) is 5.32 Å². The van der Waals surface area contributed by atoms with Crippen LogP contribution >= 0.6 is 15.9 Å². The molecular formula is C13H14BrNO3. The van der Waals surface area contributed by atoms with Gasteiger partial charge in [0.25, 0.3) is 0 Å². The fourth-order valence-corrected chi connectivity index (χ4v) is 1.94. The highest BCUT2D eigenvalue weighted by molar-refractivity contribution is 9.10. The summed E-state index contributed by atoms with van der Waals surface area (Å²) in [4.78, 5) is 11.8. The molecule has 0 aliphatic heterocycles. The van der Waals surface area contributed by atoms with Crippen molar-refractivity contribution in [1.82, 2.24) is 5.32 Å². The lowest BCUT2D eigenvalue weighted by Crippen LogP contribution is -2.30. The van der Waals surface area contributed by atoms with Gasteiger partial charge in [-0.1, -0.05) is 21.9 Å². The summed E-state index contributed by atoms with van der Waals surface area (Å²) in [5.74, 6) is 2.68. The number of ether oxygens (including phenoxy) is 2. The topological polar surface area (TPSA) is 47.6 Å². The first kappa shape index (κ1) is 14.6. The Morgan fingerprint density at radius 3 is 2.83 bits per heavy atom. The molecule has 1 unspecified atom stereocenters. The molecule has 0 aliphatic carbocycles. The molecule has 1 N–H and O–H groups in total. The zero-order valence-corrected chi connectivity index (χ0v) is 11.8. The van der Waals surface area contributed by atoms with E-state index in [1.807, 2.05) is 6.07 Å². The molecule has 0 heterocycles. The molecule has 0 amide bonds. The molecule has 0 saturated carbocycles. The van der Waals surface area contributed by atoms with Crippen LogP contribution in [0, 0.1) is 12.3 Å². The number of hydrogen-bond acceptors (Lipinski definition) is 4. The minimum absolute atomic E-state index is 0.267. The van der Waals surface area contributed by atoms with Crippen LogP contribution in [0.5, 0.6) is 5.75 Å². The number of nitrogens with one attached hydrogen (secondary N) is 1. The van der Waals surface area contributed by atoms with Crippen LogP contribution in [-0.2, 0) is 9.53 Å². The van der Waals surface area contributed by atoms with Crippen LogP contribution in [0.15, 0.2) is 22.7 Å². The number of terminal acetylenes is 1. The number of carbonyl (C=O) groups excluding carboxylic acids is 1. The lowest BCUT2D eigenvalue weighted by molar-refractivity contribution is -0.143. The van der Waals surface area contributed by atoms with Crippen LogP contribution < -0.4 is 10.1 Å². The van der Waals surface area contributed by atoms with E-state index in [0.29, 0.717) is 5.75 Å². The molecule has 5 heteroatoms. The molecule has 4 nitrogen and oxygen atoms in total. The van der Waals surface area contributed by atoms with Gasteiger partial charge >= 0.3 is 5.97 Å². The summed E-state index contributed by atoms with van der Waals surface area (Å²) >= 11 is 3.39. The van der Waals surface area contributed by atoms with Gasteiger partial charge in [-0.2, -0.15) is 0 Å². The number of carbonyl (C=O) groups is 1. The largest absolute Gasteiger partial charge is 0.497 e. The van der Waals surface area contributed by atoms with E-state index in [4.69, 9.17) is 15.9 Å². The fraction of sp³-hybridized carbons (Fsp3) is 0.308. The standard InChI is InChI=1S/C13H14BrNO3/c1-4-7-15-12(13(16)18-3)10-8-9(17-2)5-6-11(10)14/h1,5-6,8,12,15H,7H2,2-3H3. The molecule has 0 aliphatic rings. The number of hydrogen-bond donors (Lipinski definition) is 1. The first-order valence-corrected chi connectivity index (χ1v) is 6.01. The maximum absolute atomic E-state index is 11.8. The molecule has 0 radical (unpaired) electrons. The van der Waals surface area contributed by atoms with Gasteiger partial charge in [-0.05, 0) is 23.8 Å². The Morgan fingerprint density at radius 2 is 2.28 bits per heavy atom. The van der Waals surface area contributed by atoms with Crippen molar-refractivity contribution in [2.45, 2.75) is 6.04 Å². The van der Waals surface area contributed by atoms with Gasteiger partial charge in [-0.15, -0.1) is 6.42 Å². The smallest absolute Gasteiger partial charge is 0.327 e. The zero-order valence-electron chi connectivity index (χ0n) is 10.2. The first-order chi connectivity index (χ1) is 8.63. The summed E-state index contributed by atoms with van der Waals surface area (Å²) in [7, 11) is 2.90. The van der Waals surface area contributed by atoms with Crippen LogP contribution in [-0.4, -0.2) is 26.7 Å². The highest BCUT2D eigenvalue weighted by Gasteiger charge is 2.23. The number of benzene rings is 1. The summed E-state index contributed by atoms with van der Waals surface area (Å²) in [6.45, 7) is 0.267. The average molecular weight is 312 g/mol. The van der Waals surface area contributed by atoms with Crippen LogP contribution in [0.4, 0.5) is 0 Å². The van der Waals surface area contributed by atoms with Crippen molar-refractivity contribution >= 4 is 21.9 Å². The van der Waals surface area contributed by atoms with E-state index in [9.17, 15) is 4.79 Å². The lowest BCUT2D eigenvalue weighted by Gasteiger charge is -2.17. The molecule has 0 spiro atoms. The van der Waals surface area contributed by atoms with Crippen LogP contribution in [0.25, 0.3) is 0 Å². The Labute approximate surface area is 115 Å². The maximum Gasteiger partial charge on any atom is 0.327 e. The highest BCUT2D eigenvalue weighted by atomic mass is 79.9. The van der Waals surface area contributed by atoms with E-state index in [2.05, 4.69) is 27.2 Å². The van der Waals surface area contributed by atoms with Gasteiger partial charge in [0.1, 0.15) is 11.8 Å². The second-order valence-corrected chi connectivity index (χ2v) is 4.28. The van der Waals surface area contributed by atoms with Gasteiger partial charge in [-0.25, -0.2) is 4.79 Å². The minimum atomic E-state index is -0.629.